The summed E-state index contributed by atoms with van der Waals surface area (Å²) in [6, 6.07) is 16.0. The SMILES string of the molecule is CC(=O)SC(CCCN1C(=O)c2ccccc2C1=O)C(=O)N[C@@H](CC(C)C)C(=O)NCCn1ccc2ccccc21. The van der Waals surface area contributed by atoms with Crippen molar-refractivity contribution in [1.82, 2.24) is 20.1 Å². The van der Waals surface area contributed by atoms with Gasteiger partial charge in [-0.25, -0.2) is 0 Å². The van der Waals surface area contributed by atoms with Crippen molar-refractivity contribution in [3.63, 3.8) is 0 Å². The Balaban J connectivity index is 1.33. The van der Waals surface area contributed by atoms with Crippen LogP contribution in [0.1, 0.15) is 60.7 Å². The number of hydrogen-bond acceptors (Lipinski definition) is 6. The number of carbonyl (C=O) groups excluding carboxylic acids is 5. The lowest BCUT2D eigenvalue weighted by Crippen LogP contribution is -2.50. The Morgan fingerprint density at radius 3 is 2.20 bits per heavy atom. The Kier molecular flexibility index (Phi) is 9.99. The molecule has 0 aliphatic carbocycles. The van der Waals surface area contributed by atoms with Crippen LogP contribution in [0.2, 0.25) is 0 Å². The highest BCUT2D eigenvalue weighted by Crippen LogP contribution is 2.24. The smallest absolute Gasteiger partial charge is 0.261 e. The Bertz CT molecular complexity index is 1410. The van der Waals surface area contributed by atoms with E-state index in [1.54, 1.807) is 24.3 Å². The van der Waals surface area contributed by atoms with Crippen LogP contribution in [0.4, 0.5) is 0 Å². The van der Waals surface area contributed by atoms with Crippen LogP contribution >= 0.6 is 11.8 Å². The number of para-hydroxylation sites is 1. The summed E-state index contributed by atoms with van der Waals surface area (Å²) in [6.07, 6.45) is 3.03. The molecule has 0 spiro atoms. The summed E-state index contributed by atoms with van der Waals surface area (Å²) in [6.45, 7) is 6.46. The summed E-state index contributed by atoms with van der Waals surface area (Å²) >= 11 is 0.895. The average molecular weight is 577 g/mol. The molecule has 1 aliphatic heterocycles. The van der Waals surface area contributed by atoms with Crippen molar-refractivity contribution >= 4 is 51.4 Å². The number of imide groups is 1. The van der Waals surface area contributed by atoms with Gasteiger partial charge in [0.25, 0.3) is 11.8 Å². The quantitative estimate of drug-likeness (QED) is 0.297. The van der Waals surface area contributed by atoms with Crippen molar-refractivity contribution in [2.45, 2.75) is 57.9 Å². The standard InChI is InChI=1S/C31H36N4O5S/c1-20(2)19-25(28(37)32-15-18-34-17-14-22-9-4-7-12-26(22)34)33-29(38)27(41-21(3)36)13-8-16-35-30(39)23-10-5-6-11-24(23)31(35)40/h4-7,9-12,14,17,20,25,27H,8,13,15-16,18-19H2,1-3H3,(H,32,37)(H,33,38)/t25-,27?/m0/s1. The minimum atomic E-state index is -0.754. The summed E-state index contributed by atoms with van der Waals surface area (Å²) in [7, 11) is 0. The van der Waals surface area contributed by atoms with Crippen LogP contribution in [0, 0.1) is 5.92 Å². The molecular weight excluding hydrogens is 540 g/mol. The molecule has 3 aromatic rings. The van der Waals surface area contributed by atoms with Crippen LogP contribution in [0.25, 0.3) is 10.9 Å². The normalized spacial score (nSPS) is 14.3. The molecule has 0 radical (unpaired) electrons. The zero-order chi connectivity index (χ0) is 29.5. The van der Waals surface area contributed by atoms with Crippen LogP contribution in [-0.4, -0.2) is 62.6 Å². The van der Waals surface area contributed by atoms with Crippen LogP contribution in [0.3, 0.4) is 0 Å². The molecule has 1 aliphatic rings. The van der Waals surface area contributed by atoms with Crippen molar-refractivity contribution in [1.29, 1.82) is 0 Å². The number of rotatable bonds is 13. The van der Waals surface area contributed by atoms with Gasteiger partial charge in [0.15, 0.2) is 5.12 Å². The van der Waals surface area contributed by atoms with E-state index in [1.165, 1.54) is 11.8 Å². The van der Waals surface area contributed by atoms with Gasteiger partial charge in [0.1, 0.15) is 6.04 Å². The monoisotopic (exact) mass is 576 g/mol. The number of aromatic nitrogens is 1. The van der Waals surface area contributed by atoms with E-state index >= 15 is 0 Å². The molecule has 216 valence electrons. The van der Waals surface area contributed by atoms with Crippen molar-refractivity contribution in [2.75, 3.05) is 13.1 Å². The summed E-state index contributed by atoms with van der Waals surface area (Å²) in [5.41, 5.74) is 1.83. The van der Waals surface area contributed by atoms with E-state index in [0.717, 1.165) is 22.7 Å². The fourth-order valence-corrected chi connectivity index (χ4v) is 5.91. The molecule has 4 rings (SSSR count). The lowest BCUT2D eigenvalue weighted by Gasteiger charge is -2.23. The Morgan fingerprint density at radius 1 is 0.878 bits per heavy atom. The molecule has 9 nitrogen and oxygen atoms in total. The zero-order valence-electron chi connectivity index (χ0n) is 23.6. The van der Waals surface area contributed by atoms with Gasteiger partial charge < -0.3 is 15.2 Å². The second kappa shape index (κ2) is 13.6. The number of fused-ring (bicyclic) bond motifs is 2. The first kappa shape index (κ1) is 30.0. The number of benzene rings is 2. The predicted octanol–water partition coefficient (Wildman–Crippen LogP) is 4.01. The maximum Gasteiger partial charge on any atom is 0.261 e. The highest BCUT2D eigenvalue weighted by molar-refractivity contribution is 8.14. The van der Waals surface area contributed by atoms with Crippen LogP contribution in [0.5, 0.6) is 0 Å². The van der Waals surface area contributed by atoms with Gasteiger partial charge in [-0.05, 0) is 54.8 Å². The number of nitrogens with zero attached hydrogens (tertiary/aromatic N) is 2. The fraction of sp³-hybridized carbons (Fsp3) is 0.387. The largest absolute Gasteiger partial charge is 0.353 e. The van der Waals surface area contributed by atoms with Gasteiger partial charge >= 0.3 is 0 Å². The molecule has 1 aromatic heterocycles. The molecular formula is C31H36N4O5S. The molecule has 0 saturated carbocycles. The minimum absolute atomic E-state index is 0.137. The molecule has 10 heteroatoms. The lowest BCUT2D eigenvalue weighted by molar-refractivity contribution is -0.129. The maximum atomic E-state index is 13.3. The van der Waals surface area contributed by atoms with Gasteiger partial charge in [0.2, 0.25) is 11.8 Å². The second-order valence-corrected chi connectivity index (χ2v) is 12.0. The second-order valence-electron chi connectivity index (χ2n) is 10.6. The van der Waals surface area contributed by atoms with E-state index in [4.69, 9.17) is 0 Å². The zero-order valence-corrected chi connectivity index (χ0v) is 24.4. The van der Waals surface area contributed by atoms with Gasteiger partial charge in [-0.1, -0.05) is 55.9 Å². The van der Waals surface area contributed by atoms with Crippen LogP contribution in [0.15, 0.2) is 60.8 Å². The van der Waals surface area contributed by atoms with E-state index < -0.39 is 17.2 Å². The molecule has 0 saturated heterocycles. The molecule has 2 N–H and O–H groups in total. The highest BCUT2D eigenvalue weighted by Gasteiger charge is 2.35. The Hall–Kier alpha value is -3.92. The summed E-state index contributed by atoms with van der Waals surface area (Å²) in [5.74, 6) is -1.25. The van der Waals surface area contributed by atoms with E-state index in [2.05, 4.69) is 15.2 Å². The molecule has 2 aromatic carbocycles. The van der Waals surface area contributed by atoms with Crippen molar-refractivity contribution in [3.8, 4) is 0 Å². The van der Waals surface area contributed by atoms with Crippen molar-refractivity contribution in [2.24, 2.45) is 5.92 Å². The average Bonchev–Trinajstić information content (AvgIpc) is 3.46. The predicted molar refractivity (Wildman–Crippen MR) is 159 cm³/mol. The highest BCUT2D eigenvalue weighted by atomic mass is 32.2. The minimum Gasteiger partial charge on any atom is -0.353 e. The molecule has 41 heavy (non-hydrogen) atoms. The van der Waals surface area contributed by atoms with Gasteiger partial charge in [0.05, 0.1) is 16.4 Å². The number of hydrogen-bond donors (Lipinski definition) is 2. The van der Waals surface area contributed by atoms with Crippen molar-refractivity contribution < 1.29 is 24.0 Å². The first-order chi connectivity index (χ1) is 19.7. The third-order valence-electron chi connectivity index (χ3n) is 7.00. The number of amides is 4. The number of nitrogens with one attached hydrogen (secondary N) is 2. The van der Waals surface area contributed by atoms with E-state index in [0.29, 0.717) is 37.1 Å². The number of thioether (sulfide) groups is 1. The first-order valence-corrected chi connectivity index (χ1v) is 14.8. The van der Waals surface area contributed by atoms with Gasteiger partial charge in [-0.15, -0.1) is 0 Å². The van der Waals surface area contributed by atoms with Gasteiger partial charge in [0, 0.05) is 38.3 Å². The summed E-state index contributed by atoms with van der Waals surface area (Å²) < 4.78 is 2.07. The Morgan fingerprint density at radius 2 is 1.54 bits per heavy atom. The van der Waals surface area contributed by atoms with Crippen LogP contribution < -0.4 is 10.6 Å². The Labute approximate surface area is 244 Å². The number of carbonyl (C=O) groups is 5. The molecule has 0 bridgehead atoms. The topological polar surface area (TPSA) is 118 Å². The summed E-state index contributed by atoms with van der Waals surface area (Å²) in [4.78, 5) is 64.9. The van der Waals surface area contributed by atoms with E-state index in [9.17, 15) is 24.0 Å². The van der Waals surface area contributed by atoms with Gasteiger partial charge in [-0.2, -0.15) is 0 Å². The van der Waals surface area contributed by atoms with Crippen molar-refractivity contribution in [3.05, 3.63) is 71.9 Å². The third-order valence-corrected chi connectivity index (χ3v) is 8.07. The summed E-state index contributed by atoms with van der Waals surface area (Å²) in [5, 5.41) is 5.95. The van der Waals surface area contributed by atoms with E-state index in [-0.39, 0.29) is 41.7 Å². The van der Waals surface area contributed by atoms with E-state index in [1.807, 2.05) is 50.4 Å². The molecule has 2 heterocycles. The molecule has 4 amide bonds. The van der Waals surface area contributed by atoms with Crippen LogP contribution in [-0.2, 0) is 20.9 Å². The molecule has 0 fully saturated rings. The molecule has 1 unspecified atom stereocenters. The third kappa shape index (κ3) is 7.43. The molecule has 2 atom stereocenters. The van der Waals surface area contributed by atoms with Gasteiger partial charge in [-0.3, -0.25) is 28.9 Å². The lowest BCUT2D eigenvalue weighted by atomic mass is 10.0. The fourth-order valence-electron chi connectivity index (χ4n) is 5.05. The first-order valence-electron chi connectivity index (χ1n) is 13.9. The maximum absolute atomic E-state index is 13.3.